The molecule has 0 aliphatic heterocycles. The summed E-state index contributed by atoms with van der Waals surface area (Å²) in [4.78, 5) is 17.8. The fourth-order valence-electron chi connectivity index (χ4n) is 5.85. The molecule has 0 aromatic heterocycles. The second kappa shape index (κ2) is 35.5. The minimum atomic E-state index is -4.64. The predicted octanol–water partition coefficient (Wildman–Crippen LogP) is 13.8. The van der Waals surface area contributed by atoms with Crippen molar-refractivity contribution in [3.8, 4) is 0 Å². The Hall–Kier alpha value is 0.723. The van der Waals surface area contributed by atoms with Gasteiger partial charge in [0, 0.05) is 0 Å². The minimum absolute atomic E-state index is 0.235. The van der Waals surface area contributed by atoms with Crippen LogP contribution in [0.3, 0.4) is 0 Å². The number of rotatable bonds is 38. The fourth-order valence-corrected chi connectivity index (χ4v) is 10.6. The summed E-state index contributed by atoms with van der Waals surface area (Å²) in [5, 5.41) is 1.35. The fraction of sp³-hybridized carbons (Fsp3) is 1.00. The molecule has 0 saturated carbocycles. The minimum Gasteiger partial charge on any atom is -0.0654 e. The van der Waals surface area contributed by atoms with Crippen molar-refractivity contribution in [2.24, 2.45) is 0 Å². The second-order valence-electron chi connectivity index (χ2n) is 13.4. The van der Waals surface area contributed by atoms with Crippen molar-refractivity contribution in [2.45, 2.75) is 227 Å². The first-order valence-corrected chi connectivity index (χ1v) is 24.6. The van der Waals surface area contributed by atoms with Crippen LogP contribution in [-0.2, 0) is 44.0 Å². The first kappa shape index (κ1) is 46.7. The monoisotopic (exact) mass is 766 g/mol. The molecule has 0 amide bonds. The van der Waals surface area contributed by atoms with Crippen LogP contribution in [0.2, 0.25) is 20.9 Å². The van der Waals surface area contributed by atoms with Crippen molar-refractivity contribution in [1.29, 1.82) is 0 Å². The molecule has 0 spiro atoms. The molecule has 0 bridgehead atoms. The third-order valence-electron chi connectivity index (χ3n) is 8.81. The Morgan fingerprint density at radius 2 is 0.761 bits per heavy atom. The van der Waals surface area contributed by atoms with Gasteiger partial charge >= 0.3 is 230 Å². The van der Waals surface area contributed by atoms with Crippen molar-refractivity contribution < 1.29 is 53.8 Å². The Morgan fingerprint density at radius 1 is 0.478 bits per heavy atom. The van der Waals surface area contributed by atoms with Crippen molar-refractivity contribution in [2.75, 3.05) is 6.61 Å². The van der Waals surface area contributed by atoms with E-state index in [2.05, 4.69) is 13.8 Å². The SMILES string of the molecule is CCCCCCCCCCCCCCCC[CH2][Co](=[O])[CH2][CH](COP(=O)(O)O)[Co](=[O])[CH2]CCCCCCCCCCCCCCCC. The Kier molecular flexibility index (Phi) is 36.1. The van der Waals surface area contributed by atoms with E-state index in [9.17, 15) is 22.1 Å². The number of hydrogen-bond donors (Lipinski definition) is 2. The van der Waals surface area contributed by atoms with Crippen LogP contribution in [0.15, 0.2) is 0 Å². The van der Waals surface area contributed by atoms with Crippen LogP contribution < -0.4 is 0 Å². The van der Waals surface area contributed by atoms with Gasteiger partial charge in [0.2, 0.25) is 0 Å². The first-order chi connectivity index (χ1) is 22.3. The molecule has 0 radical (unpaired) electrons. The van der Waals surface area contributed by atoms with Gasteiger partial charge in [0.25, 0.3) is 0 Å². The number of unbranched alkanes of at least 4 members (excludes halogenated alkanes) is 28. The molecule has 46 heavy (non-hydrogen) atoms. The van der Waals surface area contributed by atoms with E-state index in [1.165, 1.54) is 154 Å². The van der Waals surface area contributed by atoms with E-state index in [1.807, 2.05) is 0 Å². The van der Waals surface area contributed by atoms with Crippen molar-refractivity contribution in [3.63, 3.8) is 0 Å². The summed E-state index contributed by atoms with van der Waals surface area (Å²) in [5.41, 5.74) is 0. The summed E-state index contributed by atoms with van der Waals surface area (Å²) < 4.78 is 41.8. The van der Waals surface area contributed by atoms with E-state index in [0.29, 0.717) is 10.7 Å². The third-order valence-corrected chi connectivity index (χ3v) is 13.7. The zero-order chi connectivity index (χ0) is 34.0. The van der Waals surface area contributed by atoms with Crippen molar-refractivity contribution in [1.82, 2.24) is 0 Å². The number of hydrogen-bond acceptors (Lipinski definition) is 4. The van der Waals surface area contributed by atoms with Crippen LogP contribution in [-0.4, -0.2) is 16.4 Å². The third kappa shape index (κ3) is 36.0. The van der Waals surface area contributed by atoms with Crippen LogP contribution in [0, 0.1) is 0 Å². The summed E-state index contributed by atoms with van der Waals surface area (Å²) in [6.07, 6.45) is 38.4. The van der Waals surface area contributed by atoms with E-state index in [1.54, 1.807) is 0 Å². The molecule has 0 saturated heterocycles. The molecule has 2 N–H and O–H groups in total. The molecular formula is C37H77Co2O6P. The van der Waals surface area contributed by atoms with Gasteiger partial charge in [-0.1, -0.05) is 65.2 Å². The molecule has 284 valence electrons. The molecule has 0 aliphatic rings. The average Bonchev–Trinajstić information content (AvgIpc) is 3.02. The topological polar surface area (TPSA) is 101 Å². The quantitative estimate of drug-likeness (QED) is 0.0479. The van der Waals surface area contributed by atoms with Gasteiger partial charge in [-0.15, -0.1) is 0 Å². The van der Waals surface area contributed by atoms with Crippen molar-refractivity contribution in [3.05, 3.63) is 0 Å². The zero-order valence-corrected chi connectivity index (χ0v) is 33.2. The normalized spacial score (nSPS) is 13.3. The van der Waals surface area contributed by atoms with Crippen LogP contribution in [0.25, 0.3) is 0 Å². The number of phosphoric ester groups is 1. The van der Waals surface area contributed by atoms with E-state index < -0.39 is 39.8 Å². The van der Waals surface area contributed by atoms with E-state index >= 15 is 0 Å². The van der Waals surface area contributed by atoms with Crippen LogP contribution in [0.5, 0.6) is 0 Å². The smallest absolute Gasteiger partial charge is 0.0654 e. The summed E-state index contributed by atoms with van der Waals surface area (Å²) in [5.74, 6) is 0. The molecular weight excluding hydrogens is 689 g/mol. The average molecular weight is 767 g/mol. The Labute approximate surface area is 294 Å². The van der Waals surface area contributed by atoms with Gasteiger partial charge < -0.3 is 0 Å². The molecule has 1 unspecified atom stereocenters. The molecule has 0 fully saturated rings. The molecule has 0 heterocycles. The standard InChI is InChI=1S/2C17H35.C3H7O4P.2Co.2O/c2*1-3-5-7-9-11-13-15-17-16-14-12-10-8-6-4-2;1-2-3-7-8(4,5)6;;;;/h2*1,3-17H2,2H3;2H,1,3H2,(H2,4,5,6);;;;. The maximum atomic E-state index is 13.0. The summed E-state index contributed by atoms with van der Waals surface area (Å²) in [7, 11) is -4.64. The van der Waals surface area contributed by atoms with Gasteiger partial charge in [-0.05, 0) is 0 Å². The van der Waals surface area contributed by atoms with E-state index in [0.717, 1.165) is 38.5 Å². The Morgan fingerprint density at radius 3 is 1.07 bits per heavy atom. The van der Waals surface area contributed by atoms with Crippen LogP contribution in [0.1, 0.15) is 206 Å². The molecule has 0 aromatic rings. The van der Waals surface area contributed by atoms with E-state index in [-0.39, 0.29) is 12.0 Å². The Bertz CT molecular complexity index is 733. The predicted molar refractivity (Wildman–Crippen MR) is 187 cm³/mol. The first-order valence-electron chi connectivity index (χ1n) is 19.5. The summed E-state index contributed by atoms with van der Waals surface area (Å²) in [6.45, 7) is 4.25. The van der Waals surface area contributed by atoms with Gasteiger partial charge in [-0.2, -0.15) is 0 Å². The van der Waals surface area contributed by atoms with Gasteiger partial charge in [-0.3, -0.25) is 0 Å². The molecule has 9 heteroatoms. The van der Waals surface area contributed by atoms with E-state index in [4.69, 9.17) is 4.52 Å². The molecule has 0 aromatic carbocycles. The molecule has 1 atom stereocenters. The van der Waals surface area contributed by atoms with Gasteiger partial charge in [-0.25, -0.2) is 0 Å². The summed E-state index contributed by atoms with van der Waals surface area (Å²) in [6, 6.07) is 0. The van der Waals surface area contributed by atoms with Crippen molar-refractivity contribution >= 4 is 7.82 Å². The number of phosphoric acid groups is 1. The molecule has 0 rings (SSSR count). The Balaban J connectivity index is 3.92. The molecule has 6 nitrogen and oxygen atoms in total. The van der Waals surface area contributed by atoms with Crippen LogP contribution in [0.4, 0.5) is 0 Å². The maximum absolute atomic E-state index is 13.0. The summed E-state index contributed by atoms with van der Waals surface area (Å²) >= 11 is -3.21. The zero-order valence-electron chi connectivity index (χ0n) is 30.3. The molecule has 0 aliphatic carbocycles. The second-order valence-corrected chi connectivity index (χ2v) is 19.0. The van der Waals surface area contributed by atoms with Crippen LogP contribution >= 0.6 is 7.82 Å². The van der Waals surface area contributed by atoms with Gasteiger partial charge in [0.05, 0.1) is 0 Å². The van der Waals surface area contributed by atoms with Gasteiger partial charge in [0.15, 0.2) is 0 Å². The van der Waals surface area contributed by atoms with Gasteiger partial charge in [0.1, 0.15) is 0 Å².